The van der Waals surface area contributed by atoms with Crippen molar-refractivity contribution in [2.24, 2.45) is 0 Å². The van der Waals surface area contributed by atoms with Gasteiger partial charge in [0.15, 0.2) is 0 Å². The van der Waals surface area contributed by atoms with Crippen LogP contribution in [-0.2, 0) is 4.79 Å². The SMILES string of the molecule is Cc1ccc(N(O)C(=O)C=Cc2ccccc2)cc1. The molecular weight excluding hydrogens is 238 g/mol. The molecule has 0 aliphatic heterocycles. The Morgan fingerprint density at radius 2 is 1.68 bits per heavy atom. The summed E-state index contributed by atoms with van der Waals surface area (Å²) in [5.74, 6) is -0.479. The van der Waals surface area contributed by atoms with Crippen molar-refractivity contribution >= 4 is 17.7 Å². The van der Waals surface area contributed by atoms with E-state index < -0.39 is 5.91 Å². The van der Waals surface area contributed by atoms with Crippen LogP contribution in [0.3, 0.4) is 0 Å². The van der Waals surface area contributed by atoms with Gasteiger partial charge in [0.2, 0.25) is 0 Å². The molecule has 2 aromatic carbocycles. The van der Waals surface area contributed by atoms with Crippen molar-refractivity contribution in [1.29, 1.82) is 0 Å². The third-order valence-corrected chi connectivity index (χ3v) is 2.71. The Balaban J connectivity index is 2.07. The Labute approximate surface area is 112 Å². The van der Waals surface area contributed by atoms with Gasteiger partial charge in [-0.25, -0.2) is 0 Å². The van der Waals surface area contributed by atoms with E-state index in [0.717, 1.165) is 11.1 Å². The van der Waals surface area contributed by atoms with Gasteiger partial charge in [-0.05, 0) is 30.7 Å². The summed E-state index contributed by atoms with van der Waals surface area (Å²) < 4.78 is 0. The molecule has 0 bridgehead atoms. The van der Waals surface area contributed by atoms with Gasteiger partial charge < -0.3 is 0 Å². The van der Waals surface area contributed by atoms with E-state index in [0.29, 0.717) is 10.8 Å². The number of hydrogen-bond donors (Lipinski definition) is 1. The number of nitrogens with zero attached hydrogens (tertiary/aromatic N) is 1. The van der Waals surface area contributed by atoms with Crippen molar-refractivity contribution in [1.82, 2.24) is 0 Å². The lowest BCUT2D eigenvalue weighted by Gasteiger charge is -2.12. The second-order valence-electron chi connectivity index (χ2n) is 4.23. The average molecular weight is 253 g/mol. The first-order valence-corrected chi connectivity index (χ1v) is 5.99. The molecule has 0 fully saturated rings. The van der Waals surface area contributed by atoms with Gasteiger partial charge in [0.1, 0.15) is 0 Å². The smallest absolute Gasteiger partial charge is 0.274 e. The number of carbonyl (C=O) groups is 1. The molecule has 3 nitrogen and oxygen atoms in total. The van der Waals surface area contributed by atoms with Crippen LogP contribution in [0.4, 0.5) is 5.69 Å². The molecule has 2 rings (SSSR count). The molecule has 0 aromatic heterocycles. The predicted octanol–water partition coefficient (Wildman–Crippen LogP) is 3.43. The van der Waals surface area contributed by atoms with Crippen LogP contribution in [0.15, 0.2) is 60.7 Å². The summed E-state index contributed by atoms with van der Waals surface area (Å²) in [5, 5.41) is 10.4. The summed E-state index contributed by atoms with van der Waals surface area (Å²) in [7, 11) is 0. The van der Waals surface area contributed by atoms with Crippen molar-refractivity contribution in [2.75, 3.05) is 5.06 Å². The second-order valence-corrected chi connectivity index (χ2v) is 4.23. The van der Waals surface area contributed by atoms with Gasteiger partial charge in [-0.15, -0.1) is 0 Å². The van der Waals surface area contributed by atoms with Gasteiger partial charge >= 0.3 is 0 Å². The number of rotatable bonds is 3. The van der Waals surface area contributed by atoms with Crippen molar-refractivity contribution < 1.29 is 10.0 Å². The summed E-state index contributed by atoms with van der Waals surface area (Å²) in [5.41, 5.74) is 2.44. The minimum Gasteiger partial charge on any atom is -0.281 e. The van der Waals surface area contributed by atoms with E-state index in [4.69, 9.17) is 0 Å². The van der Waals surface area contributed by atoms with Crippen molar-refractivity contribution in [3.05, 3.63) is 71.8 Å². The Hall–Kier alpha value is -2.39. The number of benzene rings is 2. The molecule has 0 aliphatic rings. The van der Waals surface area contributed by atoms with Crippen LogP contribution < -0.4 is 5.06 Å². The van der Waals surface area contributed by atoms with E-state index >= 15 is 0 Å². The average Bonchev–Trinajstić information content (AvgIpc) is 2.46. The normalized spacial score (nSPS) is 10.6. The minimum absolute atomic E-state index is 0.452. The zero-order valence-corrected chi connectivity index (χ0v) is 10.7. The molecule has 0 saturated carbocycles. The molecule has 0 aliphatic carbocycles. The molecule has 0 saturated heterocycles. The van der Waals surface area contributed by atoms with Gasteiger partial charge in [0, 0.05) is 6.08 Å². The fourth-order valence-electron chi connectivity index (χ4n) is 1.62. The highest BCUT2D eigenvalue weighted by molar-refractivity contribution is 6.02. The molecule has 3 heteroatoms. The second kappa shape index (κ2) is 5.98. The quantitative estimate of drug-likeness (QED) is 0.517. The third kappa shape index (κ3) is 3.53. The number of hydrogen-bond acceptors (Lipinski definition) is 2. The van der Waals surface area contributed by atoms with Gasteiger partial charge in [-0.2, -0.15) is 5.06 Å². The third-order valence-electron chi connectivity index (χ3n) is 2.71. The molecule has 0 atom stereocenters. The first kappa shape index (κ1) is 13.1. The number of carbonyl (C=O) groups excluding carboxylic acids is 1. The largest absolute Gasteiger partial charge is 0.281 e. The Morgan fingerprint density at radius 3 is 2.32 bits per heavy atom. The zero-order valence-electron chi connectivity index (χ0n) is 10.7. The molecule has 0 radical (unpaired) electrons. The standard InChI is InChI=1S/C16H15NO2/c1-13-7-10-15(11-8-13)17(19)16(18)12-9-14-5-3-2-4-6-14/h2-12,19H,1H3. The zero-order chi connectivity index (χ0) is 13.7. The summed E-state index contributed by atoms with van der Waals surface area (Å²) in [4.78, 5) is 11.8. The summed E-state index contributed by atoms with van der Waals surface area (Å²) in [6, 6.07) is 16.5. The van der Waals surface area contributed by atoms with Crippen LogP contribution in [0, 0.1) is 6.92 Å². The highest BCUT2D eigenvalue weighted by Crippen LogP contribution is 2.14. The van der Waals surface area contributed by atoms with Crippen LogP contribution in [0.25, 0.3) is 6.08 Å². The molecule has 0 spiro atoms. The van der Waals surface area contributed by atoms with Crippen LogP contribution in [-0.4, -0.2) is 11.1 Å². The topological polar surface area (TPSA) is 40.5 Å². The number of hydroxylamine groups is 1. The first-order valence-electron chi connectivity index (χ1n) is 5.99. The Morgan fingerprint density at radius 1 is 1.05 bits per heavy atom. The molecule has 19 heavy (non-hydrogen) atoms. The maximum atomic E-state index is 11.8. The van der Waals surface area contributed by atoms with Crippen LogP contribution in [0.2, 0.25) is 0 Å². The number of aryl methyl sites for hydroxylation is 1. The molecule has 96 valence electrons. The summed E-state index contributed by atoms with van der Waals surface area (Å²) in [6.07, 6.45) is 3.01. The minimum atomic E-state index is -0.479. The van der Waals surface area contributed by atoms with Crippen LogP contribution in [0.1, 0.15) is 11.1 Å². The van der Waals surface area contributed by atoms with E-state index in [2.05, 4.69) is 0 Å². The first-order chi connectivity index (χ1) is 9.16. The summed E-state index contributed by atoms with van der Waals surface area (Å²) in [6.45, 7) is 1.95. The van der Waals surface area contributed by atoms with E-state index in [1.54, 1.807) is 18.2 Å². The van der Waals surface area contributed by atoms with Crippen molar-refractivity contribution in [3.63, 3.8) is 0 Å². The molecule has 1 amide bonds. The predicted molar refractivity (Wildman–Crippen MR) is 75.9 cm³/mol. The molecule has 0 unspecified atom stereocenters. The highest BCUT2D eigenvalue weighted by atomic mass is 16.5. The molecule has 2 aromatic rings. The molecule has 0 heterocycles. The highest BCUT2D eigenvalue weighted by Gasteiger charge is 2.09. The Bertz CT molecular complexity index is 573. The maximum Gasteiger partial charge on any atom is 0.274 e. The lowest BCUT2D eigenvalue weighted by molar-refractivity contribution is -0.118. The van der Waals surface area contributed by atoms with E-state index in [1.807, 2.05) is 49.4 Å². The van der Waals surface area contributed by atoms with Crippen LogP contribution >= 0.6 is 0 Å². The maximum absolute atomic E-state index is 11.8. The fourth-order valence-corrected chi connectivity index (χ4v) is 1.62. The molecule has 1 N–H and O–H groups in total. The monoisotopic (exact) mass is 253 g/mol. The summed E-state index contributed by atoms with van der Waals surface area (Å²) >= 11 is 0. The lowest BCUT2D eigenvalue weighted by atomic mass is 10.2. The van der Waals surface area contributed by atoms with Gasteiger partial charge in [0.25, 0.3) is 5.91 Å². The van der Waals surface area contributed by atoms with E-state index in [-0.39, 0.29) is 0 Å². The van der Waals surface area contributed by atoms with Crippen molar-refractivity contribution in [2.45, 2.75) is 6.92 Å². The van der Waals surface area contributed by atoms with E-state index in [1.165, 1.54) is 6.08 Å². The molecular formula is C16H15NO2. The van der Waals surface area contributed by atoms with Gasteiger partial charge in [-0.3, -0.25) is 10.0 Å². The Kier molecular flexibility index (Phi) is 4.11. The van der Waals surface area contributed by atoms with Gasteiger partial charge in [0.05, 0.1) is 5.69 Å². The van der Waals surface area contributed by atoms with Crippen LogP contribution in [0.5, 0.6) is 0 Å². The fraction of sp³-hybridized carbons (Fsp3) is 0.0625. The van der Waals surface area contributed by atoms with E-state index in [9.17, 15) is 10.0 Å². The lowest BCUT2D eigenvalue weighted by Crippen LogP contribution is -2.24. The number of amides is 1. The number of anilines is 1. The van der Waals surface area contributed by atoms with Crippen molar-refractivity contribution in [3.8, 4) is 0 Å². The van der Waals surface area contributed by atoms with Gasteiger partial charge in [-0.1, -0.05) is 48.0 Å².